The van der Waals surface area contributed by atoms with Crippen molar-refractivity contribution in [3.05, 3.63) is 12.2 Å². The molecule has 10 atom stereocenters. The number of hydrogen-bond donors (Lipinski definition) is 3. The van der Waals surface area contributed by atoms with Crippen molar-refractivity contribution in [3.8, 4) is 0 Å². The number of ketones is 1. The molecule has 1 saturated carbocycles. The Bertz CT molecular complexity index is 780. The van der Waals surface area contributed by atoms with Gasteiger partial charge in [-0.2, -0.15) is 0 Å². The number of rotatable bonds is 12. The summed E-state index contributed by atoms with van der Waals surface area (Å²) in [6.07, 6.45) is 7.87. The molecule has 3 aliphatic heterocycles. The van der Waals surface area contributed by atoms with E-state index < -0.39 is 47.9 Å². The summed E-state index contributed by atoms with van der Waals surface area (Å²) >= 11 is 0. The van der Waals surface area contributed by atoms with E-state index in [-0.39, 0.29) is 18.1 Å². The molecule has 8 nitrogen and oxygen atoms in total. The van der Waals surface area contributed by atoms with Crippen LogP contribution in [0.25, 0.3) is 0 Å². The van der Waals surface area contributed by atoms with Crippen LogP contribution in [0.15, 0.2) is 12.2 Å². The van der Waals surface area contributed by atoms with Crippen molar-refractivity contribution in [2.24, 2.45) is 11.8 Å². The molecule has 1 spiro atoms. The third-order valence-electron chi connectivity index (χ3n) is 7.92. The number of nitrogens with one attached hydrogen (secondary N) is 1. The lowest BCUT2D eigenvalue weighted by atomic mass is 9.72. The molecule has 0 bridgehead atoms. The van der Waals surface area contributed by atoms with Crippen LogP contribution in [0.3, 0.4) is 0 Å². The summed E-state index contributed by atoms with van der Waals surface area (Å²) in [6, 6.07) is -0.598. The number of aliphatic hydroxyl groups is 2. The Kier molecular flexibility index (Phi) is 7.56. The average Bonchev–Trinajstić information content (AvgIpc) is 3.66. The molecule has 192 valence electrons. The van der Waals surface area contributed by atoms with Crippen LogP contribution in [-0.2, 0) is 23.8 Å². The number of allylic oxidation sites excluding steroid dienone is 1. The van der Waals surface area contributed by atoms with Gasteiger partial charge < -0.3 is 29.7 Å². The van der Waals surface area contributed by atoms with Crippen molar-refractivity contribution in [1.29, 1.82) is 0 Å². The Morgan fingerprint density at radius 2 is 1.79 bits per heavy atom. The summed E-state index contributed by atoms with van der Waals surface area (Å²) in [5.41, 5.74) is -2.27. The standard InChI is InChI=1S/C26H41NO7/c1-5-6-7-8-9-15(2)12-16(3)10-11-19(29)27-18-14-26(34-24(18)30)22-20(32-22)25(31,13-17(4)28)21-23(26)33-21/h10-11,15-16,18,20-24,30-31H,5-9,12-14H2,1-4H3,(H,27,29)/b11-10+/t15?,16?,18-,20-,21+,22+,23-,24?,25?,26?/m0/s1. The fraction of sp³-hybridized carbons (Fsp3) is 0.846. The SMILES string of the molecule is CCCCCCC(C)CC(C)/C=C/C(=O)N[C@H]1CC2(OC1O)[C@@H]1O[C@@H]1C(O)(CC(C)=O)[C@@H]1O[C@@H]12. The summed E-state index contributed by atoms with van der Waals surface area (Å²) < 4.78 is 17.4. The van der Waals surface area contributed by atoms with E-state index in [0.29, 0.717) is 18.3 Å². The highest BCUT2D eigenvalue weighted by molar-refractivity contribution is 5.87. The maximum absolute atomic E-state index is 12.6. The zero-order chi connectivity index (χ0) is 24.7. The molecule has 4 aliphatic rings. The van der Waals surface area contributed by atoms with Crippen LogP contribution >= 0.6 is 0 Å². The highest BCUT2D eigenvalue weighted by Crippen LogP contribution is 2.62. The van der Waals surface area contributed by atoms with Gasteiger partial charge in [0.05, 0.1) is 6.04 Å². The topological polar surface area (TPSA) is 121 Å². The van der Waals surface area contributed by atoms with Crippen molar-refractivity contribution in [2.75, 3.05) is 0 Å². The first kappa shape index (κ1) is 25.8. The van der Waals surface area contributed by atoms with E-state index in [1.165, 1.54) is 39.0 Å². The Morgan fingerprint density at radius 1 is 1.12 bits per heavy atom. The van der Waals surface area contributed by atoms with E-state index in [1.807, 2.05) is 6.08 Å². The zero-order valence-electron chi connectivity index (χ0n) is 20.9. The number of amides is 1. The van der Waals surface area contributed by atoms with Crippen molar-refractivity contribution >= 4 is 11.7 Å². The molecular weight excluding hydrogens is 438 g/mol. The van der Waals surface area contributed by atoms with Crippen LogP contribution < -0.4 is 5.32 Å². The highest BCUT2D eigenvalue weighted by atomic mass is 16.7. The number of aliphatic hydroxyl groups excluding tert-OH is 1. The second-order valence-corrected chi connectivity index (χ2v) is 11.1. The van der Waals surface area contributed by atoms with Gasteiger partial charge in [0.25, 0.3) is 0 Å². The Balaban J connectivity index is 1.26. The minimum atomic E-state index is -1.35. The smallest absolute Gasteiger partial charge is 0.244 e. The van der Waals surface area contributed by atoms with Gasteiger partial charge in [0.15, 0.2) is 6.29 Å². The number of carbonyl (C=O) groups is 2. The van der Waals surface area contributed by atoms with Crippen molar-refractivity contribution < 1.29 is 34.0 Å². The molecule has 3 heterocycles. The second-order valence-electron chi connectivity index (χ2n) is 11.1. The Labute approximate surface area is 202 Å². The first-order chi connectivity index (χ1) is 16.1. The summed E-state index contributed by atoms with van der Waals surface area (Å²) in [5.74, 6) is 0.515. The molecule has 4 rings (SSSR count). The number of epoxide rings is 2. The van der Waals surface area contributed by atoms with E-state index in [2.05, 4.69) is 26.1 Å². The Hall–Kier alpha value is -1.32. The average molecular weight is 480 g/mol. The summed E-state index contributed by atoms with van der Waals surface area (Å²) in [7, 11) is 0. The molecule has 0 aromatic rings. The summed E-state index contributed by atoms with van der Waals surface area (Å²) in [6.45, 7) is 8.04. The fourth-order valence-corrected chi connectivity index (χ4v) is 6.17. The molecule has 1 amide bonds. The normalized spacial score (nSPS) is 41.7. The molecule has 0 aromatic heterocycles. The van der Waals surface area contributed by atoms with Crippen LogP contribution in [0.2, 0.25) is 0 Å². The molecular formula is C26H41NO7. The molecule has 4 fully saturated rings. The molecule has 8 heteroatoms. The summed E-state index contributed by atoms with van der Waals surface area (Å²) in [5, 5.41) is 24.4. The maximum atomic E-state index is 12.6. The monoisotopic (exact) mass is 479 g/mol. The largest absolute Gasteiger partial charge is 0.384 e. The predicted molar refractivity (Wildman–Crippen MR) is 125 cm³/mol. The lowest BCUT2D eigenvalue weighted by molar-refractivity contribution is -0.161. The first-order valence-corrected chi connectivity index (χ1v) is 13.0. The van der Waals surface area contributed by atoms with Gasteiger partial charge in [-0.15, -0.1) is 0 Å². The van der Waals surface area contributed by atoms with E-state index in [9.17, 15) is 19.8 Å². The predicted octanol–water partition coefficient (Wildman–Crippen LogP) is 2.40. The van der Waals surface area contributed by atoms with Gasteiger partial charge in [-0.3, -0.25) is 9.59 Å². The second kappa shape index (κ2) is 9.97. The van der Waals surface area contributed by atoms with Gasteiger partial charge in [0.2, 0.25) is 5.91 Å². The number of hydrogen-bond acceptors (Lipinski definition) is 7. The van der Waals surface area contributed by atoms with E-state index in [0.717, 1.165) is 6.42 Å². The Morgan fingerprint density at radius 3 is 2.41 bits per heavy atom. The third-order valence-corrected chi connectivity index (χ3v) is 7.92. The van der Waals surface area contributed by atoms with Crippen molar-refractivity contribution in [3.63, 3.8) is 0 Å². The molecule has 34 heavy (non-hydrogen) atoms. The van der Waals surface area contributed by atoms with Crippen LogP contribution in [0.5, 0.6) is 0 Å². The molecule has 0 aromatic carbocycles. The van der Waals surface area contributed by atoms with Gasteiger partial charge in [0, 0.05) is 12.8 Å². The van der Waals surface area contributed by atoms with Crippen LogP contribution in [-0.4, -0.2) is 69.9 Å². The number of unbranched alkanes of at least 4 members (excludes halogenated alkanes) is 3. The lowest BCUT2D eigenvalue weighted by Crippen LogP contribution is -2.57. The molecule has 3 N–H and O–H groups in total. The summed E-state index contributed by atoms with van der Waals surface area (Å²) in [4.78, 5) is 24.2. The number of ether oxygens (including phenoxy) is 3. The number of carbonyl (C=O) groups excluding carboxylic acids is 2. The van der Waals surface area contributed by atoms with Gasteiger partial charge >= 0.3 is 0 Å². The maximum Gasteiger partial charge on any atom is 0.244 e. The van der Waals surface area contributed by atoms with Crippen LogP contribution in [0.4, 0.5) is 0 Å². The van der Waals surface area contributed by atoms with E-state index in [4.69, 9.17) is 14.2 Å². The van der Waals surface area contributed by atoms with E-state index >= 15 is 0 Å². The van der Waals surface area contributed by atoms with Crippen molar-refractivity contribution in [1.82, 2.24) is 5.32 Å². The van der Waals surface area contributed by atoms with E-state index in [1.54, 1.807) is 6.08 Å². The molecule has 1 aliphatic carbocycles. The minimum Gasteiger partial charge on any atom is -0.384 e. The molecule has 0 radical (unpaired) electrons. The fourth-order valence-electron chi connectivity index (χ4n) is 6.17. The van der Waals surface area contributed by atoms with Gasteiger partial charge in [-0.25, -0.2) is 0 Å². The number of fused-ring (bicyclic) bond motifs is 4. The van der Waals surface area contributed by atoms with Crippen molar-refractivity contribution in [2.45, 2.75) is 127 Å². The lowest BCUT2D eigenvalue weighted by Gasteiger charge is -2.33. The molecule has 3 saturated heterocycles. The zero-order valence-corrected chi connectivity index (χ0v) is 20.9. The minimum absolute atomic E-state index is 0.0333. The molecule has 5 unspecified atom stereocenters. The third kappa shape index (κ3) is 5.12. The number of Topliss-reactive ketones (excluding diaryl/α,β-unsaturated/α-hetero) is 1. The first-order valence-electron chi connectivity index (χ1n) is 13.0. The van der Waals surface area contributed by atoms with Crippen LogP contribution in [0, 0.1) is 11.8 Å². The highest BCUT2D eigenvalue weighted by Gasteiger charge is 2.83. The van der Waals surface area contributed by atoms with Gasteiger partial charge in [0.1, 0.15) is 41.4 Å². The van der Waals surface area contributed by atoms with Gasteiger partial charge in [-0.1, -0.05) is 59.0 Å². The van der Waals surface area contributed by atoms with Gasteiger partial charge in [-0.05, 0) is 31.3 Å². The quantitative estimate of drug-likeness (QED) is 0.223. The van der Waals surface area contributed by atoms with Crippen LogP contribution in [0.1, 0.15) is 79.1 Å².